The molecule has 2 aromatic heterocycles. The third-order valence-electron chi connectivity index (χ3n) is 10.6. The molecule has 0 aliphatic carbocycles. The van der Waals surface area contributed by atoms with E-state index in [1.54, 1.807) is 36.2 Å². The Balaban J connectivity index is 1.10. The maximum absolute atomic E-state index is 13.6. The fourth-order valence-corrected chi connectivity index (χ4v) is 7.39. The lowest BCUT2D eigenvalue weighted by Gasteiger charge is -2.30. The minimum atomic E-state index is -0.898. The monoisotopic (exact) mass is 770 g/mol. The van der Waals surface area contributed by atoms with Crippen LogP contribution in [-0.2, 0) is 28.5 Å². The number of nitrogens with one attached hydrogen (secondary N) is 4. The van der Waals surface area contributed by atoms with Crippen LogP contribution < -0.4 is 10.6 Å². The van der Waals surface area contributed by atoms with Crippen molar-refractivity contribution in [2.45, 2.75) is 69.3 Å². The van der Waals surface area contributed by atoms with E-state index in [0.717, 1.165) is 59.3 Å². The summed E-state index contributed by atoms with van der Waals surface area (Å²) in [6, 6.07) is 14.2. The summed E-state index contributed by atoms with van der Waals surface area (Å²) in [6.07, 6.45) is 5.10. The molecule has 5 atom stereocenters. The third kappa shape index (κ3) is 8.87. The lowest BCUT2D eigenvalue weighted by molar-refractivity contribution is -0.137. The maximum Gasteiger partial charge on any atom is 0.407 e. The van der Waals surface area contributed by atoms with Crippen LogP contribution in [0.15, 0.2) is 60.9 Å². The number of alkyl carbamates (subject to hydrolysis) is 2. The number of imidazole rings is 2. The first-order valence-corrected chi connectivity index (χ1v) is 18.8. The number of methoxy groups -OCH3 is 4. The van der Waals surface area contributed by atoms with Gasteiger partial charge in [-0.15, -0.1) is 0 Å². The van der Waals surface area contributed by atoms with Gasteiger partial charge in [0.05, 0.1) is 56.2 Å². The zero-order valence-electron chi connectivity index (χ0n) is 32.4. The van der Waals surface area contributed by atoms with Crippen molar-refractivity contribution in [3.8, 4) is 33.6 Å². The SMILES string of the molecule is COCC[C@H](NC(=O)OC)C(=O)N1CCC[C@H]1c1ncc(-c2ccc(-c3ccc(-c4cnc([C@@H]5CCCN5C(=O)[C@@H](NC(=O)OC)[C@@H](C)OC)[nH]4)cc3)cc2)[nH]1. The van der Waals surface area contributed by atoms with Gasteiger partial charge in [-0.2, -0.15) is 0 Å². The summed E-state index contributed by atoms with van der Waals surface area (Å²) < 4.78 is 20.0. The van der Waals surface area contributed by atoms with Gasteiger partial charge < -0.3 is 49.3 Å². The lowest BCUT2D eigenvalue weighted by atomic mass is 10.0. The van der Waals surface area contributed by atoms with E-state index in [9.17, 15) is 19.2 Å². The summed E-state index contributed by atoms with van der Waals surface area (Å²) in [5, 5.41) is 5.26. The summed E-state index contributed by atoms with van der Waals surface area (Å²) in [6.45, 7) is 3.15. The van der Waals surface area contributed by atoms with E-state index in [4.69, 9.17) is 18.9 Å². The first-order chi connectivity index (χ1) is 27.1. The quantitative estimate of drug-likeness (QED) is 0.136. The van der Waals surface area contributed by atoms with Crippen LogP contribution in [0.3, 0.4) is 0 Å². The highest BCUT2D eigenvalue weighted by atomic mass is 16.5. The number of hydrogen-bond acceptors (Lipinski definition) is 10. The number of aromatic amines is 2. The standard InChI is InChI=1S/C40H50N8O8/c1-24(54-3)34(46-40(52)56-5)38(50)48-20-7-9-33(48)36-42-23-31(44-36)28-16-12-26(13-17-28)25-10-14-27(15-11-25)30-22-41-35(43-30)32-8-6-19-47(32)37(49)29(18-21-53-2)45-39(51)55-4/h10-17,22-24,29,32-34H,6-9,18-21H2,1-5H3,(H,41,43)(H,42,44)(H,45,51)(H,46,52)/t24-,29+,32+,33+,34+/m1/s1. The number of carbonyl (C=O) groups excluding carboxylic acids is 4. The second-order valence-electron chi connectivity index (χ2n) is 13.9. The van der Waals surface area contributed by atoms with Crippen molar-refractivity contribution in [1.82, 2.24) is 40.4 Å². The number of aromatic nitrogens is 4. The van der Waals surface area contributed by atoms with Crippen molar-refractivity contribution in [2.75, 3.05) is 48.1 Å². The summed E-state index contributed by atoms with van der Waals surface area (Å²) in [4.78, 5) is 70.8. The average molecular weight is 771 g/mol. The summed E-state index contributed by atoms with van der Waals surface area (Å²) in [5.41, 5.74) is 5.66. The molecule has 4 amide bonds. The van der Waals surface area contributed by atoms with Crippen LogP contribution in [0.1, 0.15) is 62.8 Å². The van der Waals surface area contributed by atoms with Crippen LogP contribution in [0.25, 0.3) is 33.6 Å². The number of hydrogen-bond donors (Lipinski definition) is 4. The van der Waals surface area contributed by atoms with Crippen molar-refractivity contribution in [1.29, 1.82) is 0 Å². The van der Waals surface area contributed by atoms with Crippen molar-refractivity contribution < 1.29 is 38.1 Å². The molecule has 0 bridgehead atoms. The maximum atomic E-state index is 13.6. The van der Waals surface area contributed by atoms with Crippen molar-refractivity contribution >= 4 is 24.0 Å². The Morgan fingerprint density at radius 2 is 1.18 bits per heavy atom. The number of H-pyrrole nitrogens is 2. The molecule has 16 heteroatoms. The minimum Gasteiger partial charge on any atom is -0.453 e. The lowest BCUT2D eigenvalue weighted by Crippen LogP contribution is -2.54. The van der Waals surface area contributed by atoms with Gasteiger partial charge in [-0.05, 0) is 54.9 Å². The Labute approximate surface area is 325 Å². The molecule has 6 rings (SSSR count). The molecule has 4 aromatic rings. The van der Waals surface area contributed by atoms with Gasteiger partial charge in [0, 0.05) is 40.3 Å². The van der Waals surface area contributed by atoms with Gasteiger partial charge in [-0.1, -0.05) is 48.5 Å². The van der Waals surface area contributed by atoms with Gasteiger partial charge in [0.25, 0.3) is 0 Å². The van der Waals surface area contributed by atoms with Gasteiger partial charge in [-0.3, -0.25) is 9.59 Å². The second kappa shape index (κ2) is 18.3. The van der Waals surface area contributed by atoms with Gasteiger partial charge >= 0.3 is 12.2 Å². The number of likely N-dealkylation sites (tertiary alicyclic amines) is 2. The topological polar surface area (TPSA) is 193 Å². The predicted octanol–water partition coefficient (Wildman–Crippen LogP) is 4.98. The van der Waals surface area contributed by atoms with Crippen molar-refractivity contribution in [3.05, 3.63) is 72.6 Å². The number of carbonyl (C=O) groups is 4. The van der Waals surface area contributed by atoms with E-state index in [1.165, 1.54) is 21.3 Å². The molecule has 56 heavy (non-hydrogen) atoms. The largest absolute Gasteiger partial charge is 0.453 e. The van der Waals surface area contributed by atoms with Crippen LogP contribution in [0, 0.1) is 0 Å². The van der Waals surface area contributed by atoms with E-state index in [2.05, 4.69) is 54.8 Å². The van der Waals surface area contributed by atoms with Crippen LogP contribution in [0.2, 0.25) is 0 Å². The van der Waals surface area contributed by atoms with Gasteiger partial charge in [0.2, 0.25) is 11.8 Å². The number of ether oxygens (including phenoxy) is 4. The second-order valence-corrected chi connectivity index (χ2v) is 13.9. The third-order valence-corrected chi connectivity index (χ3v) is 10.6. The van der Waals surface area contributed by atoms with E-state index < -0.39 is 30.4 Å². The summed E-state index contributed by atoms with van der Waals surface area (Å²) in [5.74, 6) is 0.938. The van der Waals surface area contributed by atoms with Gasteiger partial charge in [0.15, 0.2) is 0 Å². The molecule has 0 radical (unpaired) electrons. The molecule has 0 spiro atoms. The Hall–Kier alpha value is -5.74. The highest BCUT2D eigenvalue weighted by Gasteiger charge is 2.39. The van der Waals surface area contributed by atoms with Crippen LogP contribution in [-0.4, -0.2) is 120 Å². The van der Waals surface area contributed by atoms with Gasteiger partial charge in [-0.25, -0.2) is 19.6 Å². The Morgan fingerprint density at radius 1 is 0.714 bits per heavy atom. The number of benzene rings is 2. The number of rotatable bonds is 14. The summed E-state index contributed by atoms with van der Waals surface area (Å²) >= 11 is 0. The van der Waals surface area contributed by atoms with E-state index in [0.29, 0.717) is 37.8 Å². The number of amides is 4. The zero-order valence-corrected chi connectivity index (χ0v) is 32.4. The molecule has 2 aromatic carbocycles. The number of nitrogens with zero attached hydrogens (tertiary/aromatic N) is 4. The fraction of sp³-hybridized carbons (Fsp3) is 0.450. The summed E-state index contributed by atoms with van der Waals surface area (Å²) in [7, 11) is 5.57. The smallest absolute Gasteiger partial charge is 0.407 e. The minimum absolute atomic E-state index is 0.193. The van der Waals surface area contributed by atoms with Crippen LogP contribution >= 0.6 is 0 Å². The highest BCUT2D eigenvalue weighted by molar-refractivity contribution is 5.87. The Morgan fingerprint density at radius 3 is 1.64 bits per heavy atom. The molecule has 298 valence electrons. The van der Waals surface area contributed by atoms with Gasteiger partial charge in [0.1, 0.15) is 23.7 Å². The highest BCUT2D eigenvalue weighted by Crippen LogP contribution is 2.35. The molecule has 2 fully saturated rings. The van der Waals surface area contributed by atoms with Crippen molar-refractivity contribution in [2.24, 2.45) is 0 Å². The van der Waals surface area contributed by atoms with Crippen LogP contribution in [0.4, 0.5) is 9.59 Å². The normalized spacial score (nSPS) is 18.3. The molecule has 2 aliphatic rings. The predicted molar refractivity (Wildman–Crippen MR) is 206 cm³/mol. The van der Waals surface area contributed by atoms with Crippen LogP contribution in [0.5, 0.6) is 0 Å². The van der Waals surface area contributed by atoms with E-state index in [1.807, 2.05) is 24.3 Å². The molecular formula is C40H50N8O8. The Kier molecular flexibility index (Phi) is 13.0. The van der Waals surface area contributed by atoms with Crippen molar-refractivity contribution in [3.63, 3.8) is 0 Å². The fourth-order valence-electron chi connectivity index (χ4n) is 7.39. The van der Waals surface area contributed by atoms with E-state index in [-0.39, 0.29) is 23.9 Å². The first-order valence-electron chi connectivity index (χ1n) is 18.8. The molecule has 4 N–H and O–H groups in total. The molecule has 16 nitrogen and oxygen atoms in total. The molecule has 2 saturated heterocycles. The Bertz CT molecular complexity index is 1960. The molecule has 4 heterocycles. The average Bonchev–Trinajstić information content (AvgIpc) is 4.07. The zero-order chi connectivity index (χ0) is 39.8. The molecular weight excluding hydrogens is 720 g/mol. The molecule has 2 aliphatic heterocycles. The first kappa shape index (κ1) is 39.9. The molecule has 0 saturated carbocycles. The molecule has 0 unspecified atom stereocenters. The van der Waals surface area contributed by atoms with E-state index >= 15 is 0 Å².